The quantitative estimate of drug-likeness (QED) is 0.818. The topological polar surface area (TPSA) is 77.1 Å². The average Bonchev–Trinajstić information content (AvgIpc) is 2.51. The second-order valence-electron chi connectivity index (χ2n) is 6.00. The van der Waals surface area contributed by atoms with Crippen molar-refractivity contribution in [3.8, 4) is 0 Å². The Hall–Kier alpha value is -2.47. The number of amides is 1. The van der Waals surface area contributed by atoms with Crippen LogP contribution in [0, 0.1) is 12.8 Å². The van der Waals surface area contributed by atoms with Crippen LogP contribution in [0.25, 0.3) is 0 Å². The normalized spacial score (nSPS) is 12.0. The number of nitrogens with two attached hydrogens (primary N) is 1. The molecule has 0 aliphatic carbocycles. The fourth-order valence-electron chi connectivity index (χ4n) is 2.61. The van der Waals surface area contributed by atoms with E-state index in [-0.39, 0.29) is 17.4 Å². The first-order chi connectivity index (χ1) is 11.3. The first-order valence-corrected chi connectivity index (χ1v) is 8.11. The number of aromatic nitrogens is 1. The molecule has 1 aromatic heterocycles. The second kappa shape index (κ2) is 7.40. The number of hydrogen-bond donors (Lipinski definition) is 2. The van der Waals surface area contributed by atoms with Gasteiger partial charge in [0.05, 0.1) is 0 Å². The Bertz CT molecular complexity index is 810. The number of pyridine rings is 1. The molecule has 126 valence electrons. The largest absolute Gasteiger partial charge is 0.389 e. The minimum atomic E-state index is -0.589. The second-order valence-corrected chi connectivity index (χ2v) is 6.43. The molecule has 3 N–H and O–H groups in total. The molecule has 1 unspecified atom stereocenters. The van der Waals surface area contributed by atoms with Gasteiger partial charge in [0.25, 0.3) is 5.56 Å². The van der Waals surface area contributed by atoms with Crippen molar-refractivity contribution in [2.45, 2.75) is 26.8 Å². The van der Waals surface area contributed by atoms with Gasteiger partial charge in [0, 0.05) is 23.0 Å². The van der Waals surface area contributed by atoms with Gasteiger partial charge >= 0.3 is 0 Å². The highest BCUT2D eigenvalue weighted by Gasteiger charge is 2.26. The molecular formula is C18H21N3O2S. The smallest absolute Gasteiger partial charge is 0.251 e. The highest BCUT2D eigenvalue weighted by atomic mass is 32.1. The molecule has 0 spiro atoms. The third kappa shape index (κ3) is 3.89. The number of nitrogens with zero attached hydrogens (tertiary/aromatic N) is 1. The van der Waals surface area contributed by atoms with Crippen molar-refractivity contribution in [1.82, 2.24) is 4.57 Å². The molecule has 0 saturated carbocycles. The van der Waals surface area contributed by atoms with Crippen LogP contribution in [0.4, 0.5) is 5.69 Å². The Balaban J connectivity index is 2.30. The van der Waals surface area contributed by atoms with Crippen molar-refractivity contribution in [2.24, 2.45) is 11.7 Å². The summed E-state index contributed by atoms with van der Waals surface area (Å²) in [6.07, 6.45) is 0. The van der Waals surface area contributed by atoms with Gasteiger partial charge in [-0.3, -0.25) is 9.59 Å². The summed E-state index contributed by atoms with van der Waals surface area (Å²) in [5.41, 5.74) is 7.50. The molecule has 1 amide bonds. The summed E-state index contributed by atoms with van der Waals surface area (Å²) in [4.78, 5) is 25.3. The van der Waals surface area contributed by atoms with Crippen LogP contribution in [0.1, 0.15) is 31.1 Å². The van der Waals surface area contributed by atoms with Gasteiger partial charge in [-0.1, -0.05) is 32.1 Å². The van der Waals surface area contributed by atoms with E-state index >= 15 is 0 Å². The third-order valence-electron chi connectivity index (χ3n) is 3.81. The molecule has 0 fully saturated rings. The Kier molecular flexibility index (Phi) is 5.51. The summed E-state index contributed by atoms with van der Waals surface area (Å²) < 4.78 is 1.53. The fourth-order valence-corrected chi connectivity index (χ4v) is 2.75. The third-order valence-corrected chi connectivity index (χ3v) is 4.04. The van der Waals surface area contributed by atoms with Crippen LogP contribution in [0.15, 0.2) is 47.3 Å². The van der Waals surface area contributed by atoms with Gasteiger partial charge in [0.2, 0.25) is 5.91 Å². The molecule has 0 aliphatic heterocycles. The molecule has 6 heteroatoms. The zero-order chi connectivity index (χ0) is 17.9. The summed E-state index contributed by atoms with van der Waals surface area (Å²) in [5.74, 6) is -0.274. The number of hydrogen-bond acceptors (Lipinski definition) is 3. The molecule has 0 aliphatic rings. The zero-order valence-corrected chi connectivity index (χ0v) is 14.8. The van der Waals surface area contributed by atoms with Crippen molar-refractivity contribution in [3.63, 3.8) is 0 Å². The van der Waals surface area contributed by atoms with Gasteiger partial charge in [-0.25, -0.2) is 0 Å². The van der Waals surface area contributed by atoms with E-state index in [2.05, 4.69) is 5.32 Å². The van der Waals surface area contributed by atoms with Crippen molar-refractivity contribution in [1.29, 1.82) is 0 Å². The number of thiocarbonyl (C=S) groups is 1. The molecule has 24 heavy (non-hydrogen) atoms. The van der Waals surface area contributed by atoms with Gasteiger partial charge in [0.15, 0.2) is 0 Å². The van der Waals surface area contributed by atoms with Crippen molar-refractivity contribution < 1.29 is 4.79 Å². The fraction of sp³-hybridized carbons (Fsp3) is 0.278. The van der Waals surface area contributed by atoms with Gasteiger partial charge in [-0.15, -0.1) is 0 Å². The number of anilines is 1. The number of aryl methyl sites for hydroxylation is 1. The maximum atomic E-state index is 12.8. The van der Waals surface area contributed by atoms with E-state index in [0.29, 0.717) is 10.7 Å². The van der Waals surface area contributed by atoms with E-state index in [9.17, 15) is 9.59 Å². The van der Waals surface area contributed by atoms with Crippen molar-refractivity contribution >= 4 is 28.8 Å². The summed E-state index contributed by atoms with van der Waals surface area (Å²) in [6, 6.07) is 11.4. The lowest BCUT2D eigenvalue weighted by atomic mass is 10.0. The van der Waals surface area contributed by atoms with Crippen LogP contribution in [-0.2, 0) is 4.79 Å². The van der Waals surface area contributed by atoms with Gasteiger partial charge in [-0.05, 0) is 43.2 Å². The lowest BCUT2D eigenvalue weighted by Crippen LogP contribution is -2.37. The van der Waals surface area contributed by atoms with Gasteiger partial charge in [0.1, 0.15) is 11.0 Å². The SMILES string of the molecule is Cc1cccc(=O)n1C(C(=O)Nc1ccc(C(N)=S)cc1)C(C)C. The van der Waals surface area contributed by atoms with Crippen LogP contribution in [0.3, 0.4) is 0 Å². The molecular weight excluding hydrogens is 322 g/mol. The Labute approximate surface area is 146 Å². The van der Waals surface area contributed by atoms with Gasteiger partial charge in [-0.2, -0.15) is 0 Å². The predicted molar refractivity (Wildman–Crippen MR) is 100 cm³/mol. The summed E-state index contributed by atoms with van der Waals surface area (Å²) in [5, 5.41) is 2.86. The predicted octanol–water partition coefficient (Wildman–Crippen LogP) is 2.63. The van der Waals surface area contributed by atoms with Crippen molar-refractivity contribution in [2.75, 3.05) is 5.32 Å². The van der Waals surface area contributed by atoms with Crippen molar-refractivity contribution in [3.05, 3.63) is 64.1 Å². The Morgan fingerprint density at radius 2 is 1.79 bits per heavy atom. The molecule has 2 rings (SSSR count). The van der Waals surface area contributed by atoms with Crippen LogP contribution in [-0.4, -0.2) is 15.5 Å². The standard InChI is InChI=1S/C18H21N3O2S/c1-11(2)16(21-12(3)5-4-6-15(21)22)18(23)20-14-9-7-13(8-10-14)17(19)24/h4-11,16H,1-3H3,(H2,19,24)(H,20,23). The molecule has 0 bridgehead atoms. The minimum Gasteiger partial charge on any atom is -0.389 e. The number of nitrogens with one attached hydrogen (secondary N) is 1. The summed E-state index contributed by atoms with van der Waals surface area (Å²) in [6.45, 7) is 5.65. The lowest BCUT2D eigenvalue weighted by Gasteiger charge is -2.24. The first kappa shape index (κ1) is 17.9. The number of carbonyl (C=O) groups excluding carboxylic acids is 1. The van der Waals surface area contributed by atoms with Crippen LogP contribution < -0.4 is 16.6 Å². The maximum absolute atomic E-state index is 12.8. The van der Waals surface area contributed by atoms with Crippen LogP contribution >= 0.6 is 12.2 Å². The molecule has 1 aromatic carbocycles. The van der Waals surface area contributed by atoms with Gasteiger partial charge < -0.3 is 15.6 Å². The van der Waals surface area contributed by atoms with Crippen LogP contribution in [0.2, 0.25) is 0 Å². The van der Waals surface area contributed by atoms with E-state index in [1.54, 1.807) is 30.3 Å². The maximum Gasteiger partial charge on any atom is 0.251 e. The molecule has 0 saturated heterocycles. The van der Waals surface area contributed by atoms with E-state index < -0.39 is 6.04 Å². The summed E-state index contributed by atoms with van der Waals surface area (Å²) >= 11 is 4.91. The molecule has 2 aromatic rings. The molecule has 1 heterocycles. The van der Waals surface area contributed by atoms with Crippen LogP contribution in [0.5, 0.6) is 0 Å². The Morgan fingerprint density at radius 3 is 2.29 bits per heavy atom. The molecule has 0 radical (unpaired) electrons. The minimum absolute atomic E-state index is 0.0420. The highest BCUT2D eigenvalue weighted by Crippen LogP contribution is 2.20. The van der Waals surface area contributed by atoms with E-state index in [0.717, 1.165) is 11.3 Å². The van der Waals surface area contributed by atoms with E-state index in [1.165, 1.54) is 10.6 Å². The van der Waals surface area contributed by atoms with E-state index in [1.807, 2.05) is 26.8 Å². The lowest BCUT2D eigenvalue weighted by molar-refractivity contribution is -0.120. The molecule has 5 nitrogen and oxygen atoms in total. The monoisotopic (exact) mass is 343 g/mol. The first-order valence-electron chi connectivity index (χ1n) is 7.70. The molecule has 1 atom stereocenters. The number of carbonyl (C=O) groups is 1. The summed E-state index contributed by atoms with van der Waals surface area (Å²) in [7, 11) is 0. The highest BCUT2D eigenvalue weighted by molar-refractivity contribution is 7.80. The number of rotatable bonds is 5. The van der Waals surface area contributed by atoms with E-state index in [4.69, 9.17) is 18.0 Å². The number of benzene rings is 1. The Morgan fingerprint density at radius 1 is 1.17 bits per heavy atom. The average molecular weight is 343 g/mol. The zero-order valence-electron chi connectivity index (χ0n) is 13.9.